The highest BCUT2D eigenvalue weighted by Gasteiger charge is 2.49. The Labute approximate surface area is 204 Å². The van der Waals surface area contributed by atoms with Crippen LogP contribution in [0, 0.1) is 5.41 Å². The second kappa shape index (κ2) is 10.6. The number of nitrogens with one attached hydrogen (secondary N) is 1. The Morgan fingerprint density at radius 2 is 1.89 bits per heavy atom. The smallest absolute Gasteiger partial charge is 0.416 e. The molecule has 1 saturated heterocycles. The minimum absolute atomic E-state index is 0.0649. The third-order valence-corrected chi connectivity index (χ3v) is 6.31. The summed E-state index contributed by atoms with van der Waals surface area (Å²) < 4.78 is 50.5. The minimum Gasteiger partial charge on any atom is -0.446 e. The molecule has 2 aliphatic rings. The van der Waals surface area contributed by atoms with Crippen LogP contribution in [0.25, 0.3) is 0 Å². The van der Waals surface area contributed by atoms with Crippen molar-refractivity contribution in [3.8, 4) is 0 Å². The van der Waals surface area contributed by atoms with E-state index in [9.17, 15) is 22.8 Å². The lowest BCUT2D eigenvalue weighted by Gasteiger charge is -2.40. The predicted molar refractivity (Wildman–Crippen MR) is 124 cm³/mol. The SMILES string of the molecule is CCOC[C@]1(C(=O)N2CCN(c3cc(C(F)(F)F)ccn3)CC2)CCC(OC(=O)NC(C)(C)C)C1. The van der Waals surface area contributed by atoms with E-state index in [0.717, 1.165) is 18.3 Å². The lowest BCUT2D eigenvalue weighted by Crippen LogP contribution is -2.54. The maximum atomic E-state index is 13.6. The monoisotopic (exact) mass is 500 g/mol. The van der Waals surface area contributed by atoms with Gasteiger partial charge < -0.3 is 24.6 Å². The van der Waals surface area contributed by atoms with Crippen LogP contribution in [0.1, 0.15) is 52.5 Å². The summed E-state index contributed by atoms with van der Waals surface area (Å²) in [6.45, 7) is 9.61. The fourth-order valence-corrected chi connectivity index (χ4v) is 4.59. The van der Waals surface area contributed by atoms with E-state index in [4.69, 9.17) is 9.47 Å². The van der Waals surface area contributed by atoms with E-state index in [1.54, 1.807) is 9.80 Å². The first kappa shape index (κ1) is 27.0. The maximum absolute atomic E-state index is 13.6. The third-order valence-electron chi connectivity index (χ3n) is 6.31. The largest absolute Gasteiger partial charge is 0.446 e. The van der Waals surface area contributed by atoms with Crippen LogP contribution in [0.3, 0.4) is 0 Å². The molecule has 1 aliphatic carbocycles. The maximum Gasteiger partial charge on any atom is 0.416 e. The molecule has 1 N–H and O–H groups in total. The van der Waals surface area contributed by atoms with Crippen LogP contribution in [0.5, 0.6) is 0 Å². The molecule has 196 valence electrons. The van der Waals surface area contributed by atoms with Gasteiger partial charge in [-0.15, -0.1) is 0 Å². The molecule has 2 amide bonds. The van der Waals surface area contributed by atoms with Gasteiger partial charge in [0.15, 0.2) is 0 Å². The standard InChI is InChI=1S/C24H35F3N4O4/c1-5-34-16-23(8-6-18(15-23)35-21(33)29-22(2,3)4)20(32)31-12-10-30(11-13-31)19-14-17(7-9-28-19)24(25,26)27/h7,9,14,18H,5-6,8,10-13,15-16H2,1-4H3,(H,29,33)/t18?,23-/m0/s1. The molecule has 3 rings (SSSR count). The molecule has 0 radical (unpaired) electrons. The first-order valence-electron chi connectivity index (χ1n) is 12.0. The van der Waals surface area contributed by atoms with Crippen molar-refractivity contribution >= 4 is 17.8 Å². The van der Waals surface area contributed by atoms with Gasteiger partial charge in [0.25, 0.3) is 0 Å². The molecular weight excluding hydrogens is 465 g/mol. The Balaban J connectivity index is 1.64. The van der Waals surface area contributed by atoms with E-state index in [1.807, 2.05) is 27.7 Å². The van der Waals surface area contributed by atoms with Gasteiger partial charge in [0, 0.05) is 50.9 Å². The Hall–Kier alpha value is -2.56. The zero-order chi connectivity index (χ0) is 25.9. The number of hydrogen-bond donors (Lipinski definition) is 1. The molecule has 0 bridgehead atoms. The number of amides is 2. The molecule has 0 spiro atoms. The van der Waals surface area contributed by atoms with Crippen LogP contribution in [-0.4, -0.2) is 72.9 Å². The Morgan fingerprint density at radius 3 is 2.49 bits per heavy atom. The number of carbonyl (C=O) groups is 2. The summed E-state index contributed by atoms with van der Waals surface area (Å²) in [5.74, 6) is 0.181. The van der Waals surface area contributed by atoms with Crippen LogP contribution in [0.2, 0.25) is 0 Å². The molecule has 1 unspecified atom stereocenters. The quantitative estimate of drug-likeness (QED) is 0.639. The first-order chi connectivity index (χ1) is 16.3. The van der Waals surface area contributed by atoms with Gasteiger partial charge in [-0.2, -0.15) is 13.2 Å². The van der Waals surface area contributed by atoms with Crippen molar-refractivity contribution in [3.05, 3.63) is 23.9 Å². The van der Waals surface area contributed by atoms with E-state index < -0.39 is 34.9 Å². The van der Waals surface area contributed by atoms with Crippen molar-refractivity contribution in [1.82, 2.24) is 15.2 Å². The number of aromatic nitrogens is 1. The number of rotatable bonds is 6. The number of halogens is 3. The van der Waals surface area contributed by atoms with Crippen molar-refractivity contribution in [2.75, 3.05) is 44.3 Å². The number of nitrogens with zero attached hydrogens (tertiary/aromatic N) is 3. The molecule has 2 atom stereocenters. The molecular formula is C24H35F3N4O4. The topological polar surface area (TPSA) is 84.0 Å². The van der Waals surface area contributed by atoms with Crippen molar-refractivity contribution in [1.29, 1.82) is 0 Å². The molecule has 0 aromatic carbocycles. The first-order valence-corrected chi connectivity index (χ1v) is 12.0. The van der Waals surface area contributed by atoms with Gasteiger partial charge in [-0.1, -0.05) is 0 Å². The van der Waals surface area contributed by atoms with Crippen LogP contribution < -0.4 is 10.2 Å². The Kier molecular flexibility index (Phi) is 8.18. The number of hydrogen-bond acceptors (Lipinski definition) is 6. The number of piperazine rings is 1. The summed E-state index contributed by atoms with van der Waals surface area (Å²) in [6, 6.07) is 1.98. The van der Waals surface area contributed by atoms with Gasteiger partial charge in [-0.3, -0.25) is 4.79 Å². The molecule has 8 nitrogen and oxygen atoms in total. The zero-order valence-electron chi connectivity index (χ0n) is 20.8. The molecule has 1 saturated carbocycles. The van der Waals surface area contributed by atoms with E-state index in [2.05, 4.69) is 10.3 Å². The number of alkyl halides is 3. The number of pyridine rings is 1. The number of ether oxygens (including phenoxy) is 2. The molecule has 1 aliphatic heterocycles. The highest BCUT2D eigenvalue weighted by atomic mass is 19.4. The average Bonchev–Trinajstić information content (AvgIpc) is 3.19. The lowest BCUT2D eigenvalue weighted by molar-refractivity contribution is -0.146. The number of carbonyl (C=O) groups excluding carboxylic acids is 2. The minimum atomic E-state index is -4.44. The average molecular weight is 501 g/mol. The summed E-state index contributed by atoms with van der Waals surface area (Å²) >= 11 is 0. The normalized spacial score (nSPS) is 23.3. The van der Waals surface area contributed by atoms with Gasteiger partial charge in [0.1, 0.15) is 11.9 Å². The second-order valence-electron chi connectivity index (χ2n) is 10.2. The van der Waals surface area contributed by atoms with Crippen LogP contribution in [0.15, 0.2) is 18.3 Å². The summed E-state index contributed by atoms with van der Waals surface area (Å²) in [5, 5.41) is 2.77. The van der Waals surface area contributed by atoms with Crippen molar-refractivity contribution in [3.63, 3.8) is 0 Å². The molecule has 35 heavy (non-hydrogen) atoms. The summed E-state index contributed by atoms with van der Waals surface area (Å²) in [4.78, 5) is 33.4. The number of alkyl carbamates (subject to hydrolysis) is 1. The highest BCUT2D eigenvalue weighted by molar-refractivity contribution is 5.84. The van der Waals surface area contributed by atoms with E-state index in [-0.39, 0.29) is 18.3 Å². The van der Waals surface area contributed by atoms with E-state index in [1.165, 1.54) is 0 Å². The van der Waals surface area contributed by atoms with Gasteiger partial charge in [0.2, 0.25) is 5.91 Å². The molecule has 11 heteroatoms. The van der Waals surface area contributed by atoms with Crippen molar-refractivity contribution in [2.45, 2.75) is 64.8 Å². The predicted octanol–water partition coefficient (Wildman–Crippen LogP) is 3.85. The lowest BCUT2D eigenvalue weighted by atomic mass is 9.85. The summed E-state index contributed by atoms with van der Waals surface area (Å²) in [6.07, 6.45) is -2.72. The number of anilines is 1. The van der Waals surface area contributed by atoms with Gasteiger partial charge in [-0.05, 0) is 52.7 Å². The van der Waals surface area contributed by atoms with E-state index >= 15 is 0 Å². The molecule has 2 heterocycles. The van der Waals surface area contributed by atoms with Gasteiger partial charge in [0.05, 0.1) is 17.6 Å². The second-order valence-corrected chi connectivity index (χ2v) is 10.2. The molecule has 2 fully saturated rings. The Morgan fingerprint density at radius 1 is 1.20 bits per heavy atom. The van der Waals surface area contributed by atoms with E-state index in [0.29, 0.717) is 52.0 Å². The fraction of sp³-hybridized carbons (Fsp3) is 0.708. The van der Waals surface area contributed by atoms with Crippen LogP contribution >= 0.6 is 0 Å². The fourth-order valence-electron chi connectivity index (χ4n) is 4.59. The van der Waals surface area contributed by atoms with Gasteiger partial charge >= 0.3 is 12.3 Å². The molecule has 1 aromatic heterocycles. The summed E-state index contributed by atoms with van der Waals surface area (Å²) in [7, 11) is 0. The molecule has 1 aromatic rings. The van der Waals surface area contributed by atoms with Crippen LogP contribution in [0.4, 0.5) is 23.8 Å². The van der Waals surface area contributed by atoms with Crippen molar-refractivity contribution in [2.24, 2.45) is 5.41 Å². The van der Waals surface area contributed by atoms with Crippen LogP contribution in [-0.2, 0) is 20.4 Å². The van der Waals surface area contributed by atoms with Crippen molar-refractivity contribution < 1.29 is 32.2 Å². The summed E-state index contributed by atoms with van der Waals surface area (Å²) in [5.41, 5.74) is -1.97. The van der Waals surface area contributed by atoms with Gasteiger partial charge in [-0.25, -0.2) is 9.78 Å². The highest BCUT2D eigenvalue weighted by Crippen LogP contribution is 2.42. The third kappa shape index (κ3) is 6.99. The Bertz CT molecular complexity index is 897. The zero-order valence-corrected chi connectivity index (χ0v) is 20.8.